The molecule has 112 valence electrons. The van der Waals surface area contributed by atoms with Gasteiger partial charge >= 0.3 is 12.4 Å². The van der Waals surface area contributed by atoms with E-state index in [4.69, 9.17) is 0 Å². The number of Topliss-reactive ketones (excluding diaryl/α,β-unsaturated/α-hetero) is 1. The second-order valence-corrected chi connectivity index (χ2v) is 4.22. The van der Waals surface area contributed by atoms with Crippen LogP contribution in [-0.2, 0) is 12.4 Å². The lowest BCUT2D eigenvalue weighted by molar-refractivity contribution is -0.143. The number of carbonyl (C=O) groups excluding carboxylic acids is 1. The SMILES string of the molecule is CC(=O)c1c([C@@H](C)O)cc(C(F)(F)F)cc1C(F)(F)F. The molecule has 2 nitrogen and oxygen atoms in total. The molecule has 1 aromatic rings. The Balaban J connectivity index is 3.79. The van der Waals surface area contributed by atoms with Gasteiger partial charge in [-0.3, -0.25) is 4.79 Å². The molecule has 20 heavy (non-hydrogen) atoms. The molecule has 0 unspecified atom stereocenters. The summed E-state index contributed by atoms with van der Waals surface area (Å²) in [5.74, 6) is -1.07. The number of rotatable bonds is 2. The van der Waals surface area contributed by atoms with Crippen LogP contribution in [-0.4, -0.2) is 10.9 Å². The molecule has 0 spiro atoms. The first kappa shape index (κ1) is 16.5. The highest BCUT2D eigenvalue weighted by atomic mass is 19.4. The smallest absolute Gasteiger partial charge is 0.389 e. The summed E-state index contributed by atoms with van der Waals surface area (Å²) in [6.07, 6.45) is -11.8. The summed E-state index contributed by atoms with van der Waals surface area (Å²) < 4.78 is 76.3. The highest BCUT2D eigenvalue weighted by Crippen LogP contribution is 2.40. The standard InChI is InChI=1S/C12H10F6O2/c1-5(19)8-3-7(11(13,14)15)4-9(12(16,17)18)10(8)6(2)20/h3-5,19H,1-2H3/t5-/m1/s1. The molecule has 1 N–H and O–H groups in total. The van der Waals surface area contributed by atoms with E-state index in [1.165, 1.54) is 0 Å². The van der Waals surface area contributed by atoms with Gasteiger partial charge in [0.1, 0.15) is 0 Å². The zero-order valence-corrected chi connectivity index (χ0v) is 10.4. The number of alkyl halides is 6. The third-order valence-electron chi connectivity index (χ3n) is 2.60. The summed E-state index contributed by atoms with van der Waals surface area (Å²) in [7, 11) is 0. The first-order chi connectivity index (χ1) is 8.85. The van der Waals surface area contributed by atoms with Crippen molar-refractivity contribution in [1.82, 2.24) is 0 Å². The average Bonchev–Trinajstić information content (AvgIpc) is 2.24. The van der Waals surface area contributed by atoms with Gasteiger partial charge in [-0.25, -0.2) is 0 Å². The number of carbonyl (C=O) groups is 1. The minimum Gasteiger partial charge on any atom is -0.389 e. The summed E-state index contributed by atoms with van der Waals surface area (Å²) in [6, 6.07) is 0.235. The number of halogens is 6. The van der Waals surface area contributed by atoms with E-state index in [0.29, 0.717) is 6.07 Å². The zero-order chi connectivity index (χ0) is 15.9. The van der Waals surface area contributed by atoms with Gasteiger partial charge in [0.2, 0.25) is 0 Å². The Kier molecular flexibility index (Phi) is 4.19. The molecule has 1 rings (SSSR count). The molecule has 8 heteroatoms. The van der Waals surface area contributed by atoms with Crippen LogP contribution in [0, 0.1) is 0 Å². The van der Waals surface area contributed by atoms with Gasteiger partial charge < -0.3 is 5.11 Å². The Morgan fingerprint density at radius 1 is 1.10 bits per heavy atom. The van der Waals surface area contributed by atoms with Crippen LogP contribution in [0.4, 0.5) is 26.3 Å². The number of hydrogen-bond donors (Lipinski definition) is 1. The van der Waals surface area contributed by atoms with E-state index in [1.807, 2.05) is 0 Å². The van der Waals surface area contributed by atoms with E-state index < -0.39 is 46.5 Å². The van der Waals surface area contributed by atoms with Gasteiger partial charge in [-0.1, -0.05) is 0 Å². The number of aliphatic hydroxyl groups is 1. The summed E-state index contributed by atoms with van der Waals surface area (Å²) in [6.45, 7) is 1.78. The van der Waals surface area contributed by atoms with E-state index in [2.05, 4.69) is 0 Å². The lowest BCUT2D eigenvalue weighted by Crippen LogP contribution is -2.18. The molecule has 0 radical (unpaired) electrons. The molecular formula is C12H10F6O2. The molecule has 0 aliphatic heterocycles. The zero-order valence-electron chi connectivity index (χ0n) is 10.4. The van der Waals surface area contributed by atoms with Crippen LogP contribution in [0.15, 0.2) is 12.1 Å². The molecule has 0 bridgehead atoms. The third-order valence-corrected chi connectivity index (χ3v) is 2.60. The van der Waals surface area contributed by atoms with Gasteiger partial charge in [-0.05, 0) is 31.5 Å². The molecule has 0 saturated heterocycles. The third kappa shape index (κ3) is 3.30. The Labute approximate surface area is 110 Å². The first-order valence-corrected chi connectivity index (χ1v) is 5.37. The number of hydrogen-bond acceptors (Lipinski definition) is 2. The van der Waals surface area contributed by atoms with Crippen molar-refractivity contribution in [3.8, 4) is 0 Å². The first-order valence-electron chi connectivity index (χ1n) is 5.37. The quantitative estimate of drug-likeness (QED) is 0.662. The fourth-order valence-electron chi connectivity index (χ4n) is 1.77. The van der Waals surface area contributed by atoms with E-state index in [9.17, 15) is 36.2 Å². The van der Waals surface area contributed by atoms with E-state index in [1.54, 1.807) is 0 Å². The molecule has 1 aromatic carbocycles. The van der Waals surface area contributed by atoms with E-state index in [0.717, 1.165) is 13.8 Å². The molecule has 0 aromatic heterocycles. The highest BCUT2D eigenvalue weighted by Gasteiger charge is 2.40. The van der Waals surface area contributed by atoms with Crippen LogP contribution >= 0.6 is 0 Å². The normalized spacial score (nSPS) is 14.2. The van der Waals surface area contributed by atoms with Gasteiger partial charge in [0.05, 0.1) is 17.2 Å². The van der Waals surface area contributed by atoms with Crippen LogP contribution in [0.25, 0.3) is 0 Å². The molecule has 0 heterocycles. The summed E-state index contributed by atoms with van der Waals surface area (Å²) in [5.41, 5.74) is -4.90. The maximum absolute atomic E-state index is 12.8. The lowest BCUT2D eigenvalue weighted by atomic mass is 9.92. The van der Waals surface area contributed by atoms with Crippen LogP contribution < -0.4 is 0 Å². The number of ketones is 1. The van der Waals surface area contributed by atoms with Crippen LogP contribution in [0.3, 0.4) is 0 Å². The van der Waals surface area contributed by atoms with Crippen molar-refractivity contribution in [1.29, 1.82) is 0 Å². The van der Waals surface area contributed by atoms with Crippen molar-refractivity contribution in [3.05, 3.63) is 34.4 Å². The van der Waals surface area contributed by atoms with Crippen molar-refractivity contribution in [2.75, 3.05) is 0 Å². The number of aliphatic hydroxyl groups excluding tert-OH is 1. The van der Waals surface area contributed by atoms with Crippen molar-refractivity contribution < 1.29 is 36.2 Å². The van der Waals surface area contributed by atoms with Gasteiger partial charge in [0.25, 0.3) is 0 Å². The Bertz CT molecular complexity index is 528. The van der Waals surface area contributed by atoms with Crippen molar-refractivity contribution in [2.45, 2.75) is 32.3 Å². The minimum atomic E-state index is -5.13. The van der Waals surface area contributed by atoms with Gasteiger partial charge in [0, 0.05) is 5.56 Å². The van der Waals surface area contributed by atoms with Crippen molar-refractivity contribution >= 4 is 5.78 Å². The highest BCUT2D eigenvalue weighted by molar-refractivity contribution is 5.97. The van der Waals surface area contributed by atoms with Crippen LogP contribution in [0.1, 0.15) is 47.0 Å². The van der Waals surface area contributed by atoms with Gasteiger partial charge in [-0.15, -0.1) is 0 Å². The van der Waals surface area contributed by atoms with Crippen LogP contribution in [0.5, 0.6) is 0 Å². The van der Waals surface area contributed by atoms with Crippen molar-refractivity contribution in [3.63, 3.8) is 0 Å². The fraction of sp³-hybridized carbons (Fsp3) is 0.417. The molecule has 0 aliphatic rings. The van der Waals surface area contributed by atoms with Gasteiger partial charge in [-0.2, -0.15) is 26.3 Å². The van der Waals surface area contributed by atoms with Crippen molar-refractivity contribution in [2.24, 2.45) is 0 Å². The predicted molar refractivity (Wildman–Crippen MR) is 57.1 cm³/mol. The summed E-state index contributed by atoms with van der Waals surface area (Å²) in [4.78, 5) is 11.3. The second-order valence-electron chi connectivity index (χ2n) is 4.22. The number of benzene rings is 1. The second kappa shape index (κ2) is 5.08. The van der Waals surface area contributed by atoms with E-state index >= 15 is 0 Å². The van der Waals surface area contributed by atoms with Gasteiger partial charge in [0.15, 0.2) is 5.78 Å². The monoisotopic (exact) mass is 300 g/mol. The fourth-order valence-corrected chi connectivity index (χ4v) is 1.77. The Hall–Kier alpha value is -1.57. The minimum absolute atomic E-state index is 0.122. The molecule has 0 fully saturated rings. The average molecular weight is 300 g/mol. The lowest BCUT2D eigenvalue weighted by Gasteiger charge is -2.19. The predicted octanol–water partition coefficient (Wildman–Crippen LogP) is 3.98. The molecule has 0 aliphatic carbocycles. The molecule has 0 amide bonds. The maximum Gasteiger partial charge on any atom is 0.417 e. The maximum atomic E-state index is 12.8. The Morgan fingerprint density at radius 2 is 1.60 bits per heavy atom. The Morgan fingerprint density at radius 3 is 1.90 bits per heavy atom. The molecule has 1 atom stereocenters. The van der Waals surface area contributed by atoms with E-state index in [-0.39, 0.29) is 6.07 Å². The van der Waals surface area contributed by atoms with Crippen LogP contribution in [0.2, 0.25) is 0 Å². The summed E-state index contributed by atoms with van der Waals surface area (Å²) >= 11 is 0. The summed E-state index contributed by atoms with van der Waals surface area (Å²) in [5, 5.41) is 9.35. The molecule has 0 saturated carbocycles. The topological polar surface area (TPSA) is 37.3 Å². The molecular weight excluding hydrogens is 290 g/mol. The largest absolute Gasteiger partial charge is 0.417 e.